The van der Waals surface area contributed by atoms with Crippen LogP contribution in [-0.4, -0.2) is 5.78 Å². The van der Waals surface area contributed by atoms with Crippen molar-refractivity contribution in [1.29, 1.82) is 0 Å². The quantitative estimate of drug-likeness (QED) is 0.494. The number of carbonyl (C=O) groups is 1. The Balaban J connectivity index is 2.93. The van der Waals surface area contributed by atoms with E-state index in [9.17, 15) is 4.79 Å². The summed E-state index contributed by atoms with van der Waals surface area (Å²) in [7, 11) is 0. The van der Waals surface area contributed by atoms with Gasteiger partial charge in [0.25, 0.3) is 0 Å². The highest BCUT2D eigenvalue weighted by molar-refractivity contribution is 5.87. The van der Waals surface area contributed by atoms with Gasteiger partial charge in [0.05, 0.1) is 0 Å². The SMILES string of the molecule is C=C1C(C)(C)CCCC1(C)/C=C\C(C)=O. The Hall–Kier alpha value is -0.850. The van der Waals surface area contributed by atoms with Crippen LogP contribution in [0.5, 0.6) is 0 Å². The summed E-state index contributed by atoms with van der Waals surface area (Å²) in [5.74, 6) is 0.118. The fourth-order valence-corrected chi connectivity index (χ4v) is 2.46. The topological polar surface area (TPSA) is 17.1 Å². The first-order valence-corrected chi connectivity index (χ1v) is 5.68. The second-order valence-corrected chi connectivity index (χ2v) is 5.58. The largest absolute Gasteiger partial charge is 0.295 e. The second kappa shape index (κ2) is 3.96. The number of carbonyl (C=O) groups excluding carboxylic acids is 1. The lowest BCUT2D eigenvalue weighted by Gasteiger charge is -2.44. The zero-order valence-corrected chi connectivity index (χ0v) is 10.4. The second-order valence-electron chi connectivity index (χ2n) is 5.58. The molecule has 1 aliphatic rings. The molecule has 0 N–H and O–H groups in total. The Morgan fingerprint density at radius 1 is 1.33 bits per heavy atom. The van der Waals surface area contributed by atoms with E-state index in [2.05, 4.69) is 27.4 Å². The predicted octanol–water partition coefficient (Wildman–Crippen LogP) is 3.90. The van der Waals surface area contributed by atoms with Crippen molar-refractivity contribution in [2.75, 3.05) is 0 Å². The van der Waals surface area contributed by atoms with Crippen LogP contribution in [0.15, 0.2) is 24.3 Å². The molecule has 1 unspecified atom stereocenters. The molecule has 0 saturated heterocycles. The summed E-state index contributed by atoms with van der Waals surface area (Å²) in [6.07, 6.45) is 7.25. The van der Waals surface area contributed by atoms with Crippen LogP contribution in [0.4, 0.5) is 0 Å². The van der Waals surface area contributed by atoms with Gasteiger partial charge in [0.2, 0.25) is 0 Å². The molecule has 0 radical (unpaired) electrons. The van der Waals surface area contributed by atoms with Crippen molar-refractivity contribution in [3.63, 3.8) is 0 Å². The Morgan fingerprint density at radius 3 is 2.47 bits per heavy atom. The molecule has 1 rings (SSSR count). The van der Waals surface area contributed by atoms with Gasteiger partial charge in [0.1, 0.15) is 0 Å². The van der Waals surface area contributed by atoms with Crippen molar-refractivity contribution in [3.8, 4) is 0 Å². The van der Waals surface area contributed by atoms with E-state index in [0.29, 0.717) is 0 Å². The van der Waals surface area contributed by atoms with Crippen molar-refractivity contribution in [2.45, 2.75) is 47.0 Å². The molecule has 0 aromatic heterocycles. The van der Waals surface area contributed by atoms with E-state index in [1.165, 1.54) is 18.4 Å². The normalized spacial score (nSPS) is 30.8. The van der Waals surface area contributed by atoms with Gasteiger partial charge in [-0.05, 0) is 31.3 Å². The van der Waals surface area contributed by atoms with E-state index in [4.69, 9.17) is 0 Å². The maximum Gasteiger partial charge on any atom is 0.152 e. The lowest BCUT2D eigenvalue weighted by molar-refractivity contribution is -0.112. The Morgan fingerprint density at radius 2 is 1.93 bits per heavy atom. The number of rotatable bonds is 2. The molecular weight excluding hydrogens is 184 g/mol. The van der Waals surface area contributed by atoms with Crippen molar-refractivity contribution in [1.82, 2.24) is 0 Å². The van der Waals surface area contributed by atoms with E-state index in [-0.39, 0.29) is 16.6 Å². The van der Waals surface area contributed by atoms with Crippen LogP contribution in [0.2, 0.25) is 0 Å². The van der Waals surface area contributed by atoms with Crippen LogP contribution in [0.1, 0.15) is 47.0 Å². The molecule has 0 bridgehead atoms. The molecule has 0 spiro atoms. The summed E-state index contributed by atoms with van der Waals surface area (Å²) in [6.45, 7) is 12.5. The number of hydrogen-bond acceptors (Lipinski definition) is 1. The maximum atomic E-state index is 11.0. The van der Waals surface area contributed by atoms with E-state index in [0.717, 1.165) is 6.42 Å². The van der Waals surface area contributed by atoms with Gasteiger partial charge >= 0.3 is 0 Å². The van der Waals surface area contributed by atoms with Gasteiger partial charge in [-0.1, -0.05) is 45.4 Å². The smallest absolute Gasteiger partial charge is 0.152 e. The molecule has 0 heterocycles. The first-order valence-electron chi connectivity index (χ1n) is 5.68. The molecule has 15 heavy (non-hydrogen) atoms. The third kappa shape index (κ3) is 2.58. The first kappa shape index (κ1) is 12.2. The molecule has 1 fully saturated rings. The summed E-state index contributed by atoms with van der Waals surface area (Å²) in [5.41, 5.74) is 1.47. The molecular formula is C14H22O. The minimum atomic E-state index is 0.00736. The molecule has 1 aliphatic carbocycles. The molecule has 1 saturated carbocycles. The van der Waals surface area contributed by atoms with Gasteiger partial charge in [-0.3, -0.25) is 4.79 Å². The highest BCUT2D eigenvalue weighted by Crippen LogP contribution is 2.50. The molecule has 1 heteroatoms. The van der Waals surface area contributed by atoms with Crippen LogP contribution < -0.4 is 0 Å². The van der Waals surface area contributed by atoms with E-state index in [1.807, 2.05) is 6.08 Å². The minimum Gasteiger partial charge on any atom is -0.295 e. The van der Waals surface area contributed by atoms with Gasteiger partial charge in [-0.25, -0.2) is 0 Å². The third-order valence-corrected chi connectivity index (χ3v) is 3.69. The monoisotopic (exact) mass is 206 g/mol. The number of ketones is 1. The minimum absolute atomic E-state index is 0.00736. The van der Waals surface area contributed by atoms with Crippen LogP contribution >= 0.6 is 0 Å². The fraction of sp³-hybridized carbons (Fsp3) is 0.643. The summed E-state index contributed by atoms with van der Waals surface area (Å²) in [4.78, 5) is 11.0. The van der Waals surface area contributed by atoms with Crippen LogP contribution in [0.3, 0.4) is 0 Å². The molecule has 1 nitrogen and oxygen atoms in total. The van der Waals surface area contributed by atoms with Gasteiger partial charge < -0.3 is 0 Å². The van der Waals surface area contributed by atoms with Crippen LogP contribution in [0.25, 0.3) is 0 Å². The zero-order chi connectivity index (χ0) is 11.7. The predicted molar refractivity (Wildman–Crippen MR) is 64.7 cm³/mol. The van der Waals surface area contributed by atoms with Gasteiger partial charge in [-0.2, -0.15) is 0 Å². The Bertz CT molecular complexity index is 309. The average molecular weight is 206 g/mol. The molecule has 84 valence electrons. The summed E-state index contributed by atoms with van der Waals surface area (Å²) < 4.78 is 0. The highest BCUT2D eigenvalue weighted by atomic mass is 16.1. The van der Waals surface area contributed by atoms with Crippen molar-refractivity contribution in [3.05, 3.63) is 24.3 Å². The summed E-state index contributed by atoms with van der Waals surface area (Å²) >= 11 is 0. The number of allylic oxidation sites excluding steroid dienone is 3. The molecule has 0 aromatic carbocycles. The fourth-order valence-electron chi connectivity index (χ4n) is 2.46. The molecule has 0 aromatic rings. The van der Waals surface area contributed by atoms with Crippen LogP contribution in [0, 0.1) is 10.8 Å². The van der Waals surface area contributed by atoms with Gasteiger partial charge in [0, 0.05) is 5.41 Å². The number of hydrogen-bond donors (Lipinski definition) is 0. The van der Waals surface area contributed by atoms with E-state index in [1.54, 1.807) is 13.0 Å². The highest BCUT2D eigenvalue weighted by Gasteiger charge is 2.38. The zero-order valence-electron chi connectivity index (χ0n) is 10.4. The van der Waals surface area contributed by atoms with E-state index >= 15 is 0 Å². The van der Waals surface area contributed by atoms with Crippen molar-refractivity contribution < 1.29 is 4.79 Å². The summed E-state index contributed by atoms with van der Waals surface area (Å²) in [6, 6.07) is 0. The van der Waals surface area contributed by atoms with Crippen molar-refractivity contribution in [2.24, 2.45) is 10.8 Å². The molecule has 0 aliphatic heterocycles. The maximum absolute atomic E-state index is 11.0. The third-order valence-electron chi connectivity index (χ3n) is 3.69. The van der Waals surface area contributed by atoms with Crippen molar-refractivity contribution >= 4 is 5.78 Å². The van der Waals surface area contributed by atoms with Gasteiger partial charge in [-0.15, -0.1) is 0 Å². The Kier molecular flexibility index (Phi) is 3.22. The molecule has 1 atom stereocenters. The summed E-state index contributed by atoms with van der Waals surface area (Å²) in [5, 5.41) is 0. The standard InChI is InChI=1S/C14H22O/c1-11(15)7-10-14(5)9-6-8-13(3,4)12(14)2/h7,10H,2,6,8-9H2,1,3-5H3/b10-7-. The van der Waals surface area contributed by atoms with Crippen LogP contribution in [-0.2, 0) is 4.79 Å². The molecule has 0 amide bonds. The van der Waals surface area contributed by atoms with E-state index < -0.39 is 0 Å². The Labute approximate surface area is 93.3 Å². The lowest BCUT2D eigenvalue weighted by atomic mass is 9.61. The first-order chi connectivity index (χ1) is 6.78. The average Bonchev–Trinajstić information content (AvgIpc) is 2.11. The lowest BCUT2D eigenvalue weighted by Crippen LogP contribution is -2.32. The van der Waals surface area contributed by atoms with Gasteiger partial charge in [0.15, 0.2) is 5.78 Å².